The Kier molecular flexibility index (Phi) is 6.34. The molecule has 5 rings (SSSR count). The van der Waals surface area contributed by atoms with Gasteiger partial charge < -0.3 is 15.0 Å². The summed E-state index contributed by atoms with van der Waals surface area (Å²) in [6.45, 7) is 1.28. The van der Waals surface area contributed by atoms with Crippen LogP contribution < -0.4 is 5.32 Å². The predicted molar refractivity (Wildman–Crippen MR) is 125 cm³/mol. The molecule has 0 unspecified atom stereocenters. The van der Waals surface area contributed by atoms with Crippen LogP contribution in [0.3, 0.4) is 0 Å². The quantitative estimate of drug-likeness (QED) is 0.733. The van der Waals surface area contributed by atoms with Crippen molar-refractivity contribution in [2.75, 3.05) is 6.54 Å². The van der Waals surface area contributed by atoms with Crippen LogP contribution in [0, 0.1) is 11.8 Å². The van der Waals surface area contributed by atoms with Crippen molar-refractivity contribution in [2.24, 2.45) is 11.8 Å². The fraction of sp³-hybridized carbons (Fsp3) is 0.519. The number of hydrogen-bond donors (Lipinski definition) is 1. The van der Waals surface area contributed by atoms with E-state index in [0.717, 1.165) is 57.1 Å². The second-order valence-corrected chi connectivity index (χ2v) is 9.80. The summed E-state index contributed by atoms with van der Waals surface area (Å²) in [4.78, 5) is 32.0. The maximum Gasteiger partial charge on any atom is 0.407 e. The van der Waals surface area contributed by atoms with Crippen LogP contribution in [-0.4, -0.2) is 40.1 Å². The van der Waals surface area contributed by atoms with Gasteiger partial charge >= 0.3 is 6.09 Å². The van der Waals surface area contributed by atoms with Gasteiger partial charge in [-0.05, 0) is 68.1 Å². The molecule has 3 fully saturated rings. The Morgan fingerprint density at radius 1 is 1.09 bits per heavy atom. The summed E-state index contributed by atoms with van der Waals surface area (Å²) in [5.74, 6) is 0.885. The molecule has 2 saturated heterocycles. The minimum Gasteiger partial charge on any atom is -0.446 e. The van der Waals surface area contributed by atoms with Gasteiger partial charge in [0, 0.05) is 43.4 Å². The van der Waals surface area contributed by atoms with E-state index in [9.17, 15) is 9.59 Å². The molecule has 3 aliphatic rings. The highest BCUT2D eigenvalue weighted by Crippen LogP contribution is 2.53. The van der Waals surface area contributed by atoms with E-state index in [1.165, 1.54) is 5.56 Å². The van der Waals surface area contributed by atoms with Gasteiger partial charge in [0.1, 0.15) is 6.10 Å². The van der Waals surface area contributed by atoms with Gasteiger partial charge in [-0.25, -0.2) is 4.79 Å². The van der Waals surface area contributed by atoms with Crippen LogP contribution in [0.2, 0.25) is 0 Å². The highest BCUT2D eigenvalue weighted by molar-refractivity contribution is 5.78. The van der Waals surface area contributed by atoms with Gasteiger partial charge in [-0.1, -0.05) is 36.4 Å². The second kappa shape index (κ2) is 9.54. The van der Waals surface area contributed by atoms with Crippen molar-refractivity contribution in [3.05, 3.63) is 66.0 Å². The van der Waals surface area contributed by atoms with Crippen LogP contribution in [0.25, 0.3) is 0 Å². The maximum atomic E-state index is 12.9. The van der Waals surface area contributed by atoms with Crippen molar-refractivity contribution in [3.8, 4) is 0 Å². The Morgan fingerprint density at radius 2 is 1.94 bits per heavy atom. The Bertz CT molecular complexity index is 967. The fourth-order valence-corrected chi connectivity index (χ4v) is 6.62. The first-order valence-corrected chi connectivity index (χ1v) is 12.3. The third-order valence-electron chi connectivity index (χ3n) is 8.01. The number of nitrogens with one attached hydrogen (secondary N) is 1. The highest BCUT2D eigenvalue weighted by atomic mass is 16.6. The Balaban J connectivity index is 1.36. The third-order valence-corrected chi connectivity index (χ3v) is 8.01. The summed E-state index contributed by atoms with van der Waals surface area (Å²) in [5.41, 5.74) is 2.16. The summed E-state index contributed by atoms with van der Waals surface area (Å²) >= 11 is 0. The number of ether oxygens (including phenoxy) is 1. The highest BCUT2D eigenvalue weighted by Gasteiger charge is 2.56. The number of rotatable bonds is 5. The lowest BCUT2D eigenvalue weighted by Crippen LogP contribution is -2.58. The smallest absolute Gasteiger partial charge is 0.407 e. The zero-order valence-electron chi connectivity index (χ0n) is 19.1. The molecule has 1 aliphatic carbocycles. The summed E-state index contributed by atoms with van der Waals surface area (Å²) in [5, 5.41) is 2.90. The molecule has 2 aromatic rings. The lowest BCUT2D eigenvalue weighted by molar-refractivity contribution is -0.141. The number of pyridine rings is 1. The van der Waals surface area contributed by atoms with E-state index in [1.807, 2.05) is 18.2 Å². The molecule has 4 atom stereocenters. The fourth-order valence-electron chi connectivity index (χ4n) is 6.62. The van der Waals surface area contributed by atoms with Gasteiger partial charge in [-0.3, -0.25) is 9.78 Å². The number of hydrogen-bond acceptors (Lipinski definition) is 4. The van der Waals surface area contributed by atoms with E-state index in [0.29, 0.717) is 24.8 Å². The first kappa shape index (κ1) is 21.9. The lowest BCUT2D eigenvalue weighted by Gasteiger charge is -2.52. The van der Waals surface area contributed by atoms with Gasteiger partial charge in [-0.15, -0.1) is 0 Å². The van der Waals surface area contributed by atoms with E-state index < -0.39 is 0 Å². The van der Waals surface area contributed by atoms with Gasteiger partial charge in [0.05, 0.1) is 0 Å². The summed E-state index contributed by atoms with van der Waals surface area (Å²) in [6, 6.07) is 14.3. The molecule has 0 bridgehead atoms. The van der Waals surface area contributed by atoms with E-state index in [-0.39, 0.29) is 23.7 Å². The average Bonchev–Trinajstić information content (AvgIpc) is 3.21. The monoisotopic (exact) mass is 447 g/mol. The number of amides is 2. The van der Waals surface area contributed by atoms with Gasteiger partial charge in [-0.2, -0.15) is 0 Å². The van der Waals surface area contributed by atoms with Crippen molar-refractivity contribution >= 4 is 12.0 Å². The summed E-state index contributed by atoms with van der Waals surface area (Å²) in [7, 11) is 0. The van der Waals surface area contributed by atoms with Crippen molar-refractivity contribution < 1.29 is 14.3 Å². The van der Waals surface area contributed by atoms with Crippen molar-refractivity contribution in [1.82, 2.24) is 15.2 Å². The van der Waals surface area contributed by atoms with Crippen molar-refractivity contribution in [2.45, 2.75) is 69.6 Å². The molecule has 174 valence electrons. The molecule has 2 aliphatic heterocycles. The normalized spacial score (nSPS) is 29.0. The largest absolute Gasteiger partial charge is 0.446 e. The van der Waals surface area contributed by atoms with Crippen molar-refractivity contribution in [3.63, 3.8) is 0 Å². The number of benzene rings is 1. The molecule has 33 heavy (non-hydrogen) atoms. The number of carbonyl (C=O) groups is 2. The van der Waals surface area contributed by atoms with E-state index in [2.05, 4.69) is 39.5 Å². The molecule has 6 heteroatoms. The average molecular weight is 448 g/mol. The van der Waals surface area contributed by atoms with Crippen molar-refractivity contribution in [1.29, 1.82) is 0 Å². The van der Waals surface area contributed by atoms with Crippen LogP contribution in [0.4, 0.5) is 4.79 Å². The standard InChI is InChI=1S/C27H33N3O3/c31-25-11-4-10-23-22(17-20-7-2-1-3-8-20)24(12-14-27(23)13-6-16-30(25)27)33-26(32)29-19-21-9-5-15-28-18-21/h1-3,5,7-9,15,18,22-24H,4,6,10-14,16-17,19H2,(H,29,32)/t22-,23+,24+,27-/m1/s1. The second-order valence-electron chi connectivity index (χ2n) is 9.80. The molecule has 1 N–H and O–H groups in total. The van der Waals surface area contributed by atoms with Crippen LogP contribution in [-0.2, 0) is 22.5 Å². The molecule has 0 radical (unpaired) electrons. The molecular weight excluding hydrogens is 414 g/mol. The number of carbonyl (C=O) groups excluding carboxylic acids is 2. The van der Waals surface area contributed by atoms with Gasteiger partial charge in [0.2, 0.25) is 5.91 Å². The molecule has 6 nitrogen and oxygen atoms in total. The van der Waals surface area contributed by atoms with Gasteiger partial charge in [0.25, 0.3) is 0 Å². The number of alkyl carbamates (subject to hydrolysis) is 1. The van der Waals surface area contributed by atoms with Crippen LogP contribution in [0.5, 0.6) is 0 Å². The number of nitrogens with zero attached hydrogens (tertiary/aromatic N) is 2. The van der Waals surface area contributed by atoms with Gasteiger partial charge in [0.15, 0.2) is 0 Å². The summed E-state index contributed by atoms with van der Waals surface area (Å²) < 4.78 is 6.09. The maximum absolute atomic E-state index is 12.9. The lowest BCUT2D eigenvalue weighted by atomic mass is 9.62. The topological polar surface area (TPSA) is 71.5 Å². The predicted octanol–water partition coefficient (Wildman–Crippen LogP) is 4.49. The van der Waals surface area contributed by atoms with Crippen LogP contribution in [0.1, 0.15) is 56.1 Å². The molecule has 2 amide bonds. The molecule has 1 aromatic heterocycles. The van der Waals surface area contributed by atoms with Crippen LogP contribution in [0.15, 0.2) is 54.9 Å². The molecule has 1 saturated carbocycles. The first-order valence-electron chi connectivity index (χ1n) is 12.3. The Morgan fingerprint density at radius 3 is 2.76 bits per heavy atom. The minimum absolute atomic E-state index is 0.0565. The Hall–Kier alpha value is -2.89. The van der Waals surface area contributed by atoms with E-state index >= 15 is 0 Å². The molecule has 1 aromatic carbocycles. The van der Waals surface area contributed by atoms with E-state index in [4.69, 9.17) is 4.74 Å². The first-order chi connectivity index (χ1) is 16.2. The minimum atomic E-state index is -0.370. The van der Waals surface area contributed by atoms with Crippen LogP contribution >= 0.6 is 0 Å². The molecular formula is C27H33N3O3. The molecule has 3 heterocycles. The van der Waals surface area contributed by atoms with E-state index in [1.54, 1.807) is 12.4 Å². The zero-order valence-corrected chi connectivity index (χ0v) is 19.1. The zero-order chi connectivity index (χ0) is 22.7. The Labute approximate surface area is 195 Å². The SMILES string of the molecule is O=C(NCc1cccnc1)O[C@H]1CC[C@@]23CCCN2C(=O)CCC[C@H]3[C@H]1Cc1ccccc1. The number of aromatic nitrogens is 1. The molecule has 1 spiro atoms. The third kappa shape index (κ3) is 4.48. The summed E-state index contributed by atoms with van der Waals surface area (Å²) in [6.07, 6.45) is 10.3.